The van der Waals surface area contributed by atoms with E-state index in [0.717, 1.165) is 11.1 Å². The van der Waals surface area contributed by atoms with Gasteiger partial charge in [-0.05, 0) is 29.7 Å². The maximum absolute atomic E-state index is 11.7. The quantitative estimate of drug-likeness (QED) is 0.902. The van der Waals surface area contributed by atoms with Crippen molar-refractivity contribution in [3.05, 3.63) is 71.3 Å². The van der Waals surface area contributed by atoms with Gasteiger partial charge < -0.3 is 5.32 Å². The van der Waals surface area contributed by atoms with E-state index in [0.29, 0.717) is 24.9 Å². The first kappa shape index (κ1) is 13.8. The highest BCUT2D eigenvalue weighted by Crippen LogP contribution is 2.06. The van der Waals surface area contributed by atoms with Gasteiger partial charge in [-0.1, -0.05) is 42.5 Å². The Labute approximate surface area is 118 Å². The van der Waals surface area contributed by atoms with Crippen LogP contribution < -0.4 is 5.32 Å². The van der Waals surface area contributed by atoms with Crippen LogP contribution in [0.4, 0.5) is 0 Å². The van der Waals surface area contributed by atoms with Crippen LogP contribution in [-0.2, 0) is 17.8 Å². The Hall–Kier alpha value is -2.60. The molecular weight excluding hydrogens is 248 g/mol. The highest BCUT2D eigenvalue weighted by Gasteiger charge is 2.02. The lowest BCUT2D eigenvalue weighted by Gasteiger charge is -2.05. The monoisotopic (exact) mass is 264 g/mol. The molecule has 0 fully saturated rings. The highest BCUT2D eigenvalue weighted by atomic mass is 16.1. The van der Waals surface area contributed by atoms with Crippen LogP contribution in [0.15, 0.2) is 54.6 Å². The minimum atomic E-state index is 0.0400. The van der Waals surface area contributed by atoms with Crippen molar-refractivity contribution in [1.29, 1.82) is 5.26 Å². The van der Waals surface area contributed by atoms with Gasteiger partial charge in [-0.2, -0.15) is 5.26 Å². The van der Waals surface area contributed by atoms with E-state index in [1.165, 1.54) is 0 Å². The first-order valence-corrected chi connectivity index (χ1v) is 6.57. The third-order valence-electron chi connectivity index (χ3n) is 3.06. The van der Waals surface area contributed by atoms with Gasteiger partial charge in [0.15, 0.2) is 0 Å². The molecule has 0 aliphatic carbocycles. The minimum Gasteiger partial charge on any atom is -0.352 e. The summed E-state index contributed by atoms with van der Waals surface area (Å²) in [6, 6.07) is 19.3. The number of rotatable bonds is 5. The number of benzene rings is 2. The molecule has 3 heteroatoms. The SMILES string of the molecule is N#Cc1ccc(CCC(=O)NCc2ccccc2)cc1. The van der Waals surface area contributed by atoms with E-state index in [9.17, 15) is 4.79 Å². The van der Waals surface area contributed by atoms with Crippen LogP contribution in [0.25, 0.3) is 0 Å². The molecule has 0 saturated carbocycles. The van der Waals surface area contributed by atoms with Gasteiger partial charge in [0.25, 0.3) is 0 Å². The van der Waals surface area contributed by atoms with Crippen molar-refractivity contribution in [2.75, 3.05) is 0 Å². The summed E-state index contributed by atoms with van der Waals surface area (Å²) in [6.07, 6.45) is 1.14. The van der Waals surface area contributed by atoms with E-state index in [4.69, 9.17) is 5.26 Å². The molecule has 0 aliphatic heterocycles. The number of hydrogen-bond donors (Lipinski definition) is 1. The number of aryl methyl sites for hydroxylation is 1. The summed E-state index contributed by atoms with van der Waals surface area (Å²) in [5.74, 6) is 0.0400. The van der Waals surface area contributed by atoms with Crippen molar-refractivity contribution in [3.63, 3.8) is 0 Å². The standard InChI is InChI=1S/C17H16N2O/c18-12-15-8-6-14(7-9-15)10-11-17(20)19-13-16-4-2-1-3-5-16/h1-9H,10-11,13H2,(H,19,20). The predicted octanol–water partition coefficient (Wildman–Crippen LogP) is 2.81. The molecule has 2 rings (SSSR count). The second-order valence-corrected chi connectivity index (χ2v) is 4.57. The average molecular weight is 264 g/mol. The van der Waals surface area contributed by atoms with Crippen molar-refractivity contribution in [3.8, 4) is 6.07 Å². The van der Waals surface area contributed by atoms with Crippen LogP contribution in [0, 0.1) is 11.3 Å². The molecule has 100 valence electrons. The van der Waals surface area contributed by atoms with E-state index in [1.807, 2.05) is 42.5 Å². The molecule has 20 heavy (non-hydrogen) atoms. The Morgan fingerprint density at radius 2 is 1.70 bits per heavy atom. The summed E-state index contributed by atoms with van der Waals surface area (Å²) in [5.41, 5.74) is 2.81. The van der Waals surface area contributed by atoms with E-state index in [1.54, 1.807) is 12.1 Å². The van der Waals surface area contributed by atoms with Gasteiger partial charge in [0.1, 0.15) is 0 Å². The molecule has 0 aliphatic rings. The first-order chi connectivity index (χ1) is 9.78. The van der Waals surface area contributed by atoms with Crippen molar-refractivity contribution < 1.29 is 4.79 Å². The number of hydrogen-bond acceptors (Lipinski definition) is 2. The van der Waals surface area contributed by atoms with Crippen LogP contribution in [0.5, 0.6) is 0 Å². The van der Waals surface area contributed by atoms with Crippen molar-refractivity contribution >= 4 is 5.91 Å². The second-order valence-electron chi connectivity index (χ2n) is 4.57. The fourth-order valence-electron chi connectivity index (χ4n) is 1.89. The minimum absolute atomic E-state index is 0.0400. The number of carbonyl (C=O) groups excluding carboxylic acids is 1. The molecule has 3 nitrogen and oxygen atoms in total. The molecule has 1 amide bonds. The van der Waals surface area contributed by atoms with Crippen LogP contribution in [0.3, 0.4) is 0 Å². The third-order valence-corrected chi connectivity index (χ3v) is 3.06. The fraction of sp³-hybridized carbons (Fsp3) is 0.176. The van der Waals surface area contributed by atoms with Crippen LogP contribution >= 0.6 is 0 Å². The lowest BCUT2D eigenvalue weighted by molar-refractivity contribution is -0.121. The summed E-state index contributed by atoms with van der Waals surface area (Å²) in [7, 11) is 0. The number of nitriles is 1. The molecule has 0 saturated heterocycles. The normalized spacial score (nSPS) is 9.75. The number of nitrogens with one attached hydrogen (secondary N) is 1. The molecule has 0 heterocycles. The van der Waals surface area contributed by atoms with Crippen molar-refractivity contribution in [2.24, 2.45) is 0 Å². The molecule has 0 atom stereocenters. The molecule has 1 N–H and O–H groups in total. The third kappa shape index (κ3) is 4.25. The molecule has 0 aromatic heterocycles. The number of amides is 1. The maximum atomic E-state index is 11.7. The van der Waals surface area contributed by atoms with Gasteiger partial charge in [0, 0.05) is 13.0 Å². The number of carbonyl (C=O) groups is 1. The fourth-order valence-corrected chi connectivity index (χ4v) is 1.89. The Balaban J connectivity index is 1.76. The Kier molecular flexibility index (Phi) is 4.91. The van der Waals surface area contributed by atoms with E-state index < -0.39 is 0 Å². The molecule has 0 bridgehead atoms. The average Bonchev–Trinajstić information content (AvgIpc) is 2.52. The molecule has 0 radical (unpaired) electrons. The Morgan fingerprint density at radius 1 is 1.00 bits per heavy atom. The lowest BCUT2D eigenvalue weighted by atomic mass is 10.1. The van der Waals surface area contributed by atoms with Crippen molar-refractivity contribution in [2.45, 2.75) is 19.4 Å². The van der Waals surface area contributed by atoms with Gasteiger partial charge in [0.05, 0.1) is 11.6 Å². The van der Waals surface area contributed by atoms with Gasteiger partial charge in [0.2, 0.25) is 5.91 Å². The summed E-state index contributed by atoms with van der Waals surface area (Å²) >= 11 is 0. The van der Waals surface area contributed by atoms with Gasteiger partial charge in [-0.25, -0.2) is 0 Å². The van der Waals surface area contributed by atoms with Crippen LogP contribution in [0.2, 0.25) is 0 Å². The predicted molar refractivity (Wildman–Crippen MR) is 77.8 cm³/mol. The summed E-state index contributed by atoms with van der Waals surface area (Å²) in [6.45, 7) is 0.563. The highest BCUT2D eigenvalue weighted by molar-refractivity contribution is 5.76. The zero-order valence-corrected chi connectivity index (χ0v) is 11.2. The maximum Gasteiger partial charge on any atom is 0.220 e. The second kappa shape index (κ2) is 7.10. The first-order valence-electron chi connectivity index (χ1n) is 6.57. The van der Waals surface area contributed by atoms with E-state index in [-0.39, 0.29) is 5.91 Å². The molecular formula is C17H16N2O. The van der Waals surface area contributed by atoms with E-state index in [2.05, 4.69) is 11.4 Å². The van der Waals surface area contributed by atoms with Crippen LogP contribution in [0.1, 0.15) is 23.1 Å². The molecule has 0 spiro atoms. The van der Waals surface area contributed by atoms with Crippen molar-refractivity contribution in [1.82, 2.24) is 5.32 Å². The zero-order chi connectivity index (χ0) is 14.2. The Bertz CT molecular complexity index is 597. The summed E-state index contributed by atoms with van der Waals surface area (Å²) < 4.78 is 0. The summed E-state index contributed by atoms with van der Waals surface area (Å²) in [4.78, 5) is 11.7. The molecule has 2 aromatic rings. The lowest BCUT2D eigenvalue weighted by Crippen LogP contribution is -2.22. The van der Waals surface area contributed by atoms with E-state index >= 15 is 0 Å². The van der Waals surface area contributed by atoms with Gasteiger partial charge in [-0.15, -0.1) is 0 Å². The topological polar surface area (TPSA) is 52.9 Å². The largest absolute Gasteiger partial charge is 0.352 e. The molecule has 2 aromatic carbocycles. The summed E-state index contributed by atoms with van der Waals surface area (Å²) in [5, 5.41) is 11.6. The number of nitrogens with zero attached hydrogens (tertiary/aromatic N) is 1. The smallest absolute Gasteiger partial charge is 0.220 e. The zero-order valence-electron chi connectivity index (χ0n) is 11.2. The van der Waals surface area contributed by atoms with Crippen LogP contribution in [-0.4, -0.2) is 5.91 Å². The van der Waals surface area contributed by atoms with Gasteiger partial charge >= 0.3 is 0 Å². The molecule has 0 unspecified atom stereocenters. The van der Waals surface area contributed by atoms with Gasteiger partial charge in [-0.3, -0.25) is 4.79 Å². The Morgan fingerprint density at radius 3 is 2.35 bits per heavy atom.